The van der Waals surface area contributed by atoms with E-state index in [2.05, 4.69) is 4.72 Å². The zero-order chi connectivity index (χ0) is 10.4. The van der Waals surface area contributed by atoms with Crippen LogP contribution in [-0.4, -0.2) is 20.7 Å². The quantitative estimate of drug-likeness (QED) is 0.727. The van der Waals surface area contributed by atoms with Crippen LogP contribution in [0, 0.1) is 0 Å². The highest BCUT2D eigenvalue weighted by atomic mass is 32.2. The maximum Gasteiger partial charge on any atom is 0.232 e. The predicted molar refractivity (Wildman–Crippen MR) is 60.0 cm³/mol. The lowest BCUT2D eigenvalue weighted by molar-refractivity contribution is 0.597. The van der Waals surface area contributed by atoms with Gasteiger partial charge in [0.25, 0.3) is 0 Å². The van der Waals surface area contributed by atoms with Crippen LogP contribution in [0.1, 0.15) is 12.8 Å². The second-order valence-corrected chi connectivity index (χ2v) is 5.55. The number of nitrogens with one attached hydrogen (secondary N) is 1. The summed E-state index contributed by atoms with van der Waals surface area (Å²) < 4.78 is 25.3. The van der Waals surface area contributed by atoms with E-state index in [1.807, 2.05) is 5.38 Å². The minimum Gasteiger partial charge on any atom is -0.330 e. The Bertz CT molecular complexity index is 345. The first kappa shape index (κ1) is 11.5. The SMILES string of the molecule is NCCCCS(=O)(=O)Nc1ccsc1. The summed E-state index contributed by atoms with van der Waals surface area (Å²) in [7, 11) is -3.18. The highest BCUT2D eigenvalue weighted by Gasteiger charge is 2.09. The highest BCUT2D eigenvalue weighted by Crippen LogP contribution is 2.13. The molecule has 0 bridgehead atoms. The fourth-order valence-corrected chi connectivity index (χ4v) is 2.82. The fourth-order valence-electron chi connectivity index (χ4n) is 0.990. The molecule has 0 saturated heterocycles. The lowest BCUT2D eigenvalue weighted by Gasteiger charge is -2.04. The van der Waals surface area contributed by atoms with Gasteiger partial charge in [-0.1, -0.05) is 0 Å². The third-order valence-electron chi connectivity index (χ3n) is 1.66. The molecule has 1 aromatic rings. The van der Waals surface area contributed by atoms with Crippen LogP contribution >= 0.6 is 11.3 Å². The molecule has 0 radical (unpaired) electrons. The third kappa shape index (κ3) is 4.08. The van der Waals surface area contributed by atoms with Gasteiger partial charge in [-0.2, -0.15) is 11.3 Å². The number of sulfonamides is 1. The topological polar surface area (TPSA) is 72.2 Å². The summed E-state index contributed by atoms with van der Waals surface area (Å²) in [5.74, 6) is 0.139. The first-order chi connectivity index (χ1) is 6.64. The normalized spacial score (nSPS) is 11.5. The van der Waals surface area contributed by atoms with Gasteiger partial charge in [0.05, 0.1) is 11.4 Å². The number of hydrogen-bond acceptors (Lipinski definition) is 4. The number of rotatable bonds is 6. The van der Waals surface area contributed by atoms with Crippen molar-refractivity contribution in [1.29, 1.82) is 0 Å². The van der Waals surface area contributed by atoms with Crippen LogP contribution in [0.4, 0.5) is 5.69 Å². The Hall–Kier alpha value is -0.590. The van der Waals surface area contributed by atoms with Crippen LogP contribution in [0.5, 0.6) is 0 Å². The van der Waals surface area contributed by atoms with Gasteiger partial charge in [0, 0.05) is 5.38 Å². The van der Waals surface area contributed by atoms with E-state index in [4.69, 9.17) is 5.73 Å². The van der Waals surface area contributed by atoms with Gasteiger partial charge in [0.2, 0.25) is 10.0 Å². The molecule has 0 atom stereocenters. The third-order valence-corrected chi connectivity index (χ3v) is 3.72. The Morgan fingerprint density at radius 2 is 2.21 bits per heavy atom. The van der Waals surface area contributed by atoms with Gasteiger partial charge < -0.3 is 5.73 Å². The van der Waals surface area contributed by atoms with Crippen molar-refractivity contribution in [1.82, 2.24) is 0 Å². The summed E-state index contributed by atoms with van der Waals surface area (Å²) in [6.07, 6.45) is 1.35. The van der Waals surface area contributed by atoms with Crippen molar-refractivity contribution in [2.24, 2.45) is 5.73 Å². The van der Waals surface area contributed by atoms with Crippen molar-refractivity contribution in [3.05, 3.63) is 16.8 Å². The van der Waals surface area contributed by atoms with Gasteiger partial charge in [-0.3, -0.25) is 4.72 Å². The number of anilines is 1. The van der Waals surface area contributed by atoms with E-state index in [0.29, 0.717) is 18.7 Å². The second-order valence-electron chi connectivity index (χ2n) is 2.93. The van der Waals surface area contributed by atoms with E-state index >= 15 is 0 Å². The van der Waals surface area contributed by atoms with E-state index in [1.165, 1.54) is 11.3 Å². The van der Waals surface area contributed by atoms with Crippen LogP contribution in [0.3, 0.4) is 0 Å². The van der Waals surface area contributed by atoms with Gasteiger partial charge in [0.15, 0.2) is 0 Å². The van der Waals surface area contributed by atoms with Crippen molar-refractivity contribution < 1.29 is 8.42 Å². The average Bonchev–Trinajstić information content (AvgIpc) is 2.56. The maximum absolute atomic E-state index is 11.4. The number of unbranched alkanes of at least 4 members (excludes halogenated alkanes) is 1. The van der Waals surface area contributed by atoms with Crippen LogP contribution in [0.15, 0.2) is 16.8 Å². The van der Waals surface area contributed by atoms with Crippen molar-refractivity contribution in [3.63, 3.8) is 0 Å². The lowest BCUT2D eigenvalue weighted by atomic mass is 10.3. The Morgan fingerprint density at radius 3 is 2.79 bits per heavy atom. The molecule has 0 aromatic carbocycles. The summed E-state index contributed by atoms with van der Waals surface area (Å²) in [6, 6.07) is 1.74. The molecule has 1 aromatic heterocycles. The predicted octanol–water partition coefficient (Wildman–Crippen LogP) is 1.23. The minimum absolute atomic E-state index is 0.139. The van der Waals surface area contributed by atoms with E-state index in [0.717, 1.165) is 6.42 Å². The Kier molecular flexibility index (Phi) is 4.37. The van der Waals surface area contributed by atoms with Crippen molar-refractivity contribution in [2.75, 3.05) is 17.0 Å². The molecule has 0 fully saturated rings. The molecule has 0 aliphatic carbocycles. The molecule has 0 aliphatic rings. The summed E-state index contributed by atoms with van der Waals surface area (Å²) in [5.41, 5.74) is 5.92. The molecule has 0 spiro atoms. The Morgan fingerprint density at radius 1 is 1.43 bits per heavy atom. The zero-order valence-electron chi connectivity index (χ0n) is 7.77. The molecule has 0 unspecified atom stereocenters. The molecule has 4 nitrogen and oxygen atoms in total. The first-order valence-electron chi connectivity index (χ1n) is 4.37. The van der Waals surface area contributed by atoms with E-state index in [9.17, 15) is 8.42 Å². The monoisotopic (exact) mass is 234 g/mol. The van der Waals surface area contributed by atoms with Crippen LogP contribution in [0.25, 0.3) is 0 Å². The zero-order valence-corrected chi connectivity index (χ0v) is 9.40. The summed E-state index contributed by atoms with van der Waals surface area (Å²) >= 11 is 1.46. The van der Waals surface area contributed by atoms with Gasteiger partial charge in [0.1, 0.15) is 0 Å². The van der Waals surface area contributed by atoms with E-state index < -0.39 is 10.0 Å². The minimum atomic E-state index is -3.18. The van der Waals surface area contributed by atoms with E-state index in [1.54, 1.807) is 11.4 Å². The molecule has 3 N–H and O–H groups in total. The molecule has 1 rings (SSSR count). The molecule has 80 valence electrons. The fraction of sp³-hybridized carbons (Fsp3) is 0.500. The molecule has 0 amide bonds. The summed E-state index contributed by atoms with van der Waals surface area (Å²) in [4.78, 5) is 0. The maximum atomic E-state index is 11.4. The molecule has 0 aliphatic heterocycles. The highest BCUT2D eigenvalue weighted by molar-refractivity contribution is 7.92. The number of hydrogen-bond donors (Lipinski definition) is 2. The Balaban J connectivity index is 2.42. The van der Waals surface area contributed by atoms with Gasteiger partial charge in [-0.25, -0.2) is 8.42 Å². The van der Waals surface area contributed by atoms with E-state index in [-0.39, 0.29) is 5.75 Å². The summed E-state index contributed by atoms with van der Waals surface area (Å²) in [6.45, 7) is 0.536. The average molecular weight is 234 g/mol. The van der Waals surface area contributed by atoms with Gasteiger partial charge in [-0.05, 0) is 30.8 Å². The second kappa shape index (κ2) is 5.33. The van der Waals surface area contributed by atoms with Crippen molar-refractivity contribution in [2.45, 2.75) is 12.8 Å². The number of thiophene rings is 1. The summed E-state index contributed by atoms with van der Waals surface area (Å²) in [5, 5.41) is 3.60. The smallest absolute Gasteiger partial charge is 0.232 e. The van der Waals surface area contributed by atoms with Crippen LogP contribution < -0.4 is 10.5 Å². The van der Waals surface area contributed by atoms with Crippen molar-refractivity contribution >= 4 is 27.0 Å². The largest absolute Gasteiger partial charge is 0.330 e. The molecular weight excluding hydrogens is 220 g/mol. The van der Waals surface area contributed by atoms with Crippen LogP contribution in [0.2, 0.25) is 0 Å². The first-order valence-corrected chi connectivity index (χ1v) is 6.96. The molecule has 0 saturated carbocycles. The number of nitrogens with two attached hydrogens (primary N) is 1. The Labute approximate surface area is 88.2 Å². The molecular formula is C8H14N2O2S2. The van der Waals surface area contributed by atoms with Gasteiger partial charge >= 0.3 is 0 Å². The standard InChI is InChI=1S/C8H14N2O2S2/c9-4-1-2-6-14(11,12)10-8-3-5-13-7-8/h3,5,7,10H,1-2,4,6,9H2. The van der Waals surface area contributed by atoms with Gasteiger partial charge in [-0.15, -0.1) is 0 Å². The van der Waals surface area contributed by atoms with Crippen LogP contribution in [-0.2, 0) is 10.0 Å². The molecule has 1 heterocycles. The molecule has 6 heteroatoms. The molecule has 14 heavy (non-hydrogen) atoms. The lowest BCUT2D eigenvalue weighted by Crippen LogP contribution is -2.17. The van der Waals surface area contributed by atoms with Crippen molar-refractivity contribution in [3.8, 4) is 0 Å².